The van der Waals surface area contributed by atoms with Gasteiger partial charge in [0.25, 0.3) is 0 Å². The molecule has 0 fully saturated rings. The predicted octanol–water partition coefficient (Wildman–Crippen LogP) is 3.25. The second-order valence-electron chi connectivity index (χ2n) is 4.14. The fraction of sp³-hybridized carbons (Fsp3) is 0.571. The van der Waals surface area contributed by atoms with E-state index in [2.05, 4.69) is 12.2 Å². The monoisotopic (exact) mass is 271 g/mol. The summed E-state index contributed by atoms with van der Waals surface area (Å²) in [7, 11) is 1.70. The number of rotatable bonds is 9. The molecule has 0 heterocycles. The summed E-state index contributed by atoms with van der Waals surface area (Å²) in [4.78, 5) is 0. The van der Waals surface area contributed by atoms with Crippen LogP contribution in [0.5, 0.6) is 5.75 Å². The van der Waals surface area contributed by atoms with Crippen LogP contribution in [0.25, 0.3) is 0 Å². The van der Waals surface area contributed by atoms with E-state index >= 15 is 0 Å². The largest absolute Gasteiger partial charge is 0.492 e. The third-order valence-corrected chi connectivity index (χ3v) is 2.86. The number of ether oxygens (including phenoxy) is 2. The van der Waals surface area contributed by atoms with E-state index in [4.69, 9.17) is 21.1 Å². The second-order valence-corrected chi connectivity index (χ2v) is 4.54. The fourth-order valence-corrected chi connectivity index (χ4v) is 1.76. The SMILES string of the molecule is CCCCOc1ccc(CNCCOC)cc1Cl. The molecule has 3 nitrogen and oxygen atoms in total. The Bertz CT molecular complexity index is 345. The Morgan fingerprint density at radius 2 is 2.11 bits per heavy atom. The first kappa shape index (κ1) is 15.3. The van der Waals surface area contributed by atoms with Gasteiger partial charge in [-0.2, -0.15) is 0 Å². The average Bonchev–Trinajstić information content (AvgIpc) is 2.37. The smallest absolute Gasteiger partial charge is 0.137 e. The fourth-order valence-electron chi connectivity index (χ4n) is 1.50. The number of benzene rings is 1. The standard InChI is InChI=1S/C14H22ClNO2/c1-3-4-8-18-14-6-5-12(10-13(14)15)11-16-7-9-17-2/h5-6,10,16H,3-4,7-9,11H2,1-2H3. The number of unbranched alkanes of at least 4 members (excludes halogenated alkanes) is 1. The highest BCUT2D eigenvalue weighted by atomic mass is 35.5. The van der Waals surface area contributed by atoms with Gasteiger partial charge in [0.1, 0.15) is 5.75 Å². The van der Waals surface area contributed by atoms with Gasteiger partial charge in [-0.05, 0) is 24.1 Å². The highest BCUT2D eigenvalue weighted by molar-refractivity contribution is 6.32. The van der Waals surface area contributed by atoms with E-state index in [0.29, 0.717) is 11.6 Å². The van der Waals surface area contributed by atoms with Gasteiger partial charge in [-0.25, -0.2) is 0 Å². The van der Waals surface area contributed by atoms with Crippen molar-refractivity contribution < 1.29 is 9.47 Å². The Labute approximate surface area is 114 Å². The number of hydrogen-bond acceptors (Lipinski definition) is 3. The van der Waals surface area contributed by atoms with Gasteiger partial charge in [-0.3, -0.25) is 0 Å². The summed E-state index contributed by atoms with van der Waals surface area (Å²) in [5.41, 5.74) is 1.15. The summed E-state index contributed by atoms with van der Waals surface area (Å²) in [5.74, 6) is 0.769. The van der Waals surface area contributed by atoms with Gasteiger partial charge in [-0.1, -0.05) is 31.0 Å². The van der Waals surface area contributed by atoms with Gasteiger partial charge in [0.15, 0.2) is 0 Å². The summed E-state index contributed by atoms with van der Waals surface area (Å²) < 4.78 is 10.6. The van der Waals surface area contributed by atoms with Crippen molar-refractivity contribution >= 4 is 11.6 Å². The van der Waals surface area contributed by atoms with E-state index < -0.39 is 0 Å². The second kappa shape index (κ2) is 9.20. The van der Waals surface area contributed by atoms with Crippen molar-refractivity contribution in [3.05, 3.63) is 28.8 Å². The Hall–Kier alpha value is -0.770. The number of nitrogens with one attached hydrogen (secondary N) is 1. The number of methoxy groups -OCH3 is 1. The molecule has 1 aromatic rings. The first-order valence-corrected chi connectivity index (χ1v) is 6.76. The summed E-state index contributed by atoms with van der Waals surface area (Å²) in [5, 5.41) is 3.96. The minimum atomic E-state index is 0.678. The molecule has 0 saturated carbocycles. The summed E-state index contributed by atoms with van der Waals surface area (Å²) in [6.07, 6.45) is 2.18. The Balaban J connectivity index is 2.41. The van der Waals surface area contributed by atoms with E-state index in [0.717, 1.165) is 43.9 Å². The van der Waals surface area contributed by atoms with Crippen molar-refractivity contribution in [1.82, 2.24) is 5.32 Å². The quantitative estimate of drug-likeness (QED) is 0.700. The van der Waals surface area contributed by atoms with Crippen LogP contribution in [-0.2, 0) is 11.3 Å². The lowest BCUT2D eigenvalue weighted by Crippen LogP contribution is -2.18. The Morgan fingerprint density at radius 1 is 1.28 bits per heavy atom. The maximum atomic E-state index is 6.17. The van der Waals surface area contributed by atoms with Crippen LogP contribution >= 0.6 is 11.6 Å². The molecule has 102 valence electrons. The van der Waals surface area contributed by atoms with E-state index in [-0.39, 0.29) is 0 Å². The molecule has 0 aliphatic carbocycles. The molecule has 0 spiro atoms. The molecule has 1 N–H and O–H groups in total. The lowest BCUT2D eigenvalue weighted by molar-refractivity contribution is 0.199. The molecule has 0 aromatic heterocycles. The molecule has 0 bridgehead atoms. The van der Waals surface area contributed by atoms with Crippen LogP contribution in [0, 0.1) is 0 Å². The minimum absolute atomic E-state index is 0.678. The molecule has 0 radical (unpaired) electrons. The van der Waals surface area contributed by atoms with E-state index in [9.17, 15) is 0 Å². The van der Waals surface area contributed by atoms with Crippen molar-refractivity contribution in [3.63, 3.8) is 0 Å². The molecule has 0 amide bonds. The van der Waals surface area contributed by atoms with Gasteiger partial charge in [0.2, 0.25) is 0 Å². The summed E-state index contributed by atoms with van der Waals surface area (Å²) >= 11 is 6.17. The Morgan fingerprint density at radius 3 is 2.78 bits per heavy atom. The van der Waals surface area contributed by atoms with Crippen LogP contribution in [0.1, 0.15) is 25.3 Å². The zero-order chi connectivity index (χ0) is 13.2. The van der Waals surface area contributed by atoms with Gasteiger partial charge < -0.3 is 14.8 Å². The molecular weight excluding hydrogens is 250 g/mol. The molecule has 18 heavy (non-hydrogen) atoms. The highest BCUT2D eigenvalue weighted by Gasteiger charge is 2.02. The van der Waals surface area contributed by atoms with Crippen molar-refractivity contribution in [3.8, 4) is 5.75 Å². The van der Waals surface area contributed by atoms with Crippen LogP contribution in [-0.4, -0.2) is 26.9 Å². The number of hydrogen-bond donors (Lipinski definition) is 1. The third-order valence-electron chi connectivity index (χ3n) is 2.56. The summed E-state index contributed by atoms with van der Waals surface area (Å²) in [6, 6.07) is 5.92. The van der Waals surface area contributed by atoms with Crippen molar-refractivity contribution in [2.75, 3.05) is 26.9 Å². The topological polar surface area (TPSA) is 30.5 Å². The van der Waals surface area contributed by atoms with Crippen LogP contribution in [0.4, 0.5) is 0 Å². The molecule has 4 heteroatoms. The molecular formula is C14H22ClNO2. The normalized spacial score (nSPS) is 10.6. The van der Waals surface area contributed by atoms with Gasteiger partial charge in [0, 0.05) is 20.2 Å². The third kappa shape index (κ3) is 5.71. The maximum absolute atomic E-state index is 6.17. The zero-order valence-corrected chi connectivity index (χ0v) is 11.9. The Kier molecular flexibility index (Phi) is 7.81. The highest BCUT2D eigenvalue weighted by Crippen LogP contribution is 2.25. The minimum Gasteiger partial charge on any atom is -0.492 e. The first-order valence-electron chi connectivity index (χ1n) is 6.38. The molecule has 0 aliphatic heterocycles. The average molecular weight is 272 g/mol. The van der Waals surface area contributed by atoms with Crippen molar-refractivity contribution in [1.29, 1.82) is 0 Å². The number of halogens is 1. The van der Waals surface area contributed by atoms with E-state index in [1.807, 2.05) is 18.2 Å². The lowest BCUT2D eigenvalue weighted by atomic mass is 10.2. The van der Waals surface area contributed by atoms with Gasteiger partial charge >= 0.3 is 0 Å². The first-order chi connectivity index (χ1) is 8.77. The van der Waals surface area contributed by atoms with Crippen LogP contribution in [0.3, 0.4) is 0 Å². The van der Waals surface area contributed by atoms with Crippen LogP contribution in [0.2, 0.25) is 5.02 Å². The molecule has 1 rings (SSSR count). The van der Waals surface area contributed by atoms with Gasteiger partial charge in [0.05, 0.1) is 18.2 Å². The summed E-state index contributed by atoms with van der Waals surface area (Å²) in [6.45, 7) is 5.20. The van der Waals surface area contributed by atoms with Crippen molar-refractivity contribution in [2.45, 2.75) is 26.3 Å². The van der Waals surface area contributed by atoms with E-state index in [1.54, 1.807) is 7.11 Å². The zero-order valence-electron chi connectivity index (χ0n) is 11.2. The molecule has 0 aliphatic rings. The van der Waals surface area contributed by atoms with E-state index in [1.165, 1.54) is 0 Å². The molecule has 0 unspecified atom stereocenters. The predicted molar refractivity (Wildman–Crippen MR) is 75.4 cm³/mol. The lowest BCUT2D eigenvalue weighted by Gasteiger charge is -2.09. The maximum Gasteiger partial charge on any atom is 0.137 e. The van der Waals surface area contributed by atoms with Crippen molar-refractivity contribution in [2.24, 2.45) is 0 Å². The molecule has 0 atom stereocenters. The van der Waals surface area contributed by atoms with Crippen LogP contribution < -0.4 is 10.1 Å². The molecule has 0 saturated heterocycles. The van der Waals surface area contributed by atoms with Gasteiger partial charge in [-0.15, -0.1) is 0 Å². The molecule has 1 aromatic carbocycles. The van der Waals surface area contributed by atoms with Crippen LogP contribution in [0.15, 0.2) is 18.2 Å².